The largest absolute Gasteiger partial charge is 0.357 e. The number of aliphatic imine (C=N–C) groups is 1. The highest BCUT2D eigenvalue weighted by Gasteiger charge is 2.15. The van der Waals surface area contributed by atoms with Gasteiger partial charge in [-0.1, -0.05) is 6.07 Å². The Hall–Kier alpha value is -1.99. The molecule has 2 rings (SSSR count). The van der Waals surface area contributed by atoms with E-state index in [-0.39, 0.29) is 18.2 Å². The van der Waals surface area contributed by atoms with Crippen LogP contribution in [0, 0.1) is 11.6 Å². The van der Waals surface area contributed by atoms with Crippen LogP contribution in [0.1, 0.15) is 23.4 Å². The van der Waals surface area contributed by atoms with Crippen molar-refractivity contribution >= 4 is 17.3 Å². The van der Waals surface area contributed by atoms with Crippen LogP contribution < -0.4 is 10.6 Å². The maximum Gasteiger partial charge on any atom is 0.191 e. The molecule has 4 nitrogen and oxygen atoms in total. The van der Waals surface area contributed by atoms with Crippen LogP contribution in [0.3, 0.4) is 0 Å². The zero-order chi connectivity index (χ0) is 18.2. The lowest BCUT2D eigenvalue weighted by Crippen LogP contribution is -2.41. The molecular weight excluding hydrogens is 342 g/mol. The number of guanidine groups is 1. The number of nitrogens with one attached hydrogen (secondary N) is 2. The van der Waals surface area contributed by atoms with Crippen molar-refractivity contribution in [2.24, 2.45) is 4.99 Å². The molecule has 0 spiro atoms. The average molecular weight is 366 g/mol. The van der Waals surface area contributed by atoms with Crippen molar-refractivity contribution in [2.75, 3.05) is 27.2 Å². The maximum absolute atomic E-state index is 13.7. The Morgan fingerprint density at radius 2 is 2.04 bits per heavy atom. The van der Waals surface area contributed by atoms with Crippen molar-refractivity contribution in [1.82, 2.24) is 15.5 Å². The van der Waals surface area contributed by atoms with Crippen molar-refractivity contribution in [3.63, 3.8) is 0 Å². The monoisotopic (exact) mass is 366 g/mol. The van der Waals surface area contributed by atoms with E-state index in [0.717, 1.165) is 12.1 Å². The number of thiophene rings is 1. The molecule has 1 aromatic heterocycles. The van der Waals surface area contributed by atoms with Crippen LogP contribution in [0.5, 0.6) is 0 Å². The van der Waals surface area contributed by atoms with Gasteiger partial charge in [-0.05, 0) is 50.7 Å². The van der Waals surface area contributed by atoms with Gasteiger partial charge in [0.05, 0.1) is 12.6 Å². The first-order valence-corrected chi connectivity index (χ1v) is 9.05. The predicted octanol–water partition coefficient (Wildman–Crippen LogP) is 3.38. The second-order valence-electron chi connectivity index (χ2n) is 5.81. The van der Waals surface area contributed by atoms with Crippen molar-refractivity contribution in [2.45, 2.75) is 19.5 Å². The first-order valence-electron chi connectivity index (χ1n) is 8.17. The predicted molar refractivity (Wildman–Crippen MR) is 99.9 cm³/mol. The molecule has 136 valence electrons. The van der Waals surface area contributed by atoms with Crippen molar-refractivity contribution in [3.05, 3.63) is 57.8 Å². The molecule has 0 bridgehead atoms. The molecule has 0 saturated carbocycles. The number of nitrogens with zero attached hydrogens (tertiary/aromatic N) is 2. The Morgan fingerprint density at radius 3 is 2.68 bits per heavy atom. The minimum absolute atomic E-state index is 0.0740. The standard InChI is InChI=1S/C18H24F2N4S/c1-4-21-18(22-11-13-10-14(19)7-8-15(13)20)23-12-16(24(2)3)17-6-5-9-25-17/h5-10,16H,4,11-12H2,1-3H3,(H2,21,22,23). The lowest BCUT2D eigenvalue weighted by atomic mass is 10.2. The van der Waals surface area contributed by atoms with E-state index in [2.05, 4.69) is 32.0 Å². The van der Waals surface area contributed by atoms with E-state index in [1.165, 1.54) is 10.9 Å². The summed E-state index contributed by atoms with van der Waals surface area (Å²) in [4.78, 5) is 7.76. The first kappa shape index (κ1) is 19.3. The molecule has 2 aromatic rings. The highest BCUT2D eigenvalue weighted by molar-refractivity contribution is 7.10. The number of hydrogen-bond donors (Lipinski definition) is 2. The number of hydrogen-bond acceptors (Lipinski definition) is 3. The number of likely N-dealkylation sites (N-methyl/N-ethyl adjacent to an activating group) is 1. The Kier molecular flexibility index (Phi) is 7.33. The van der Waals surface area contributed by atoms with Crippen LogP contribution in [0.15, 0.2) is 40.7 Å². The topological polar surface area (TPSA) is 39.7 Å². The third-order valence-corrected chi connectivity index (χ3v) is 4.69. The second kappa shape index (κ2) is 9.48. The van der Waals surface area contributed by atoms with Gasteiger partial charge < -0.3 is 15.5 Å². The SMILES string of the molecule is CCNC(=NCc1cc(F)ccc1F)NCC(c1cccs1)N(C)C. The first-order chi connectivity index (χ1) is 12.0. The molecule has 1 aromatic carbocycles. The Labute approximate surface area is 151 Å². The van der Waals surface area contributed by atoms with Gasteiger partial charge in [0.1, 0.15) is 11.6 Å². The van der Waals surface area contributed by atoms with E-state index in [0.29, 0.717) is 19.0 Å². The highest BCUT2D eigenvalue weighted by Crippen LogP contribution is 2.22. The summed E-state index contributed by atoms with van der Waals surface area (Å²) in [5.74, 6) is -0.338. The zero-order valence-corrected chi connectivity index (χ0v) is 15.5. The van der Waals surface area contributed by atoms with E-state index in [9.17, 15) is 8.78 Å². The lowest BCUT2D eigenvalue weighted by Gasteiger charge is -2.24. The molecule has 0 fully saturated rings. The number of halogens is 2. The summed E-state index contributed by atoms with van der Waals surface area (Å²) in [6.45, 7) is 3.38. The molecule has 1 atom stereocenters. The smallest absolute Gasteiger partial charge is 0.191 e. The van der Waals surface area contributed by atoms with E-state index in [4.69, 9.17) is 0 Å². The van der Waals surface area contributed by atoms with Gasteiger partial charge in [0.15, 0.2) is 5.96 Å². The van der Waals surface area contributed by atoms with Crippen molar-refractivity contribution < 1.29 is 8.78 Å². The van der Waals surface area contributed by atoms with Gasteiger partial charge in [0.25, 0.3) is 0 Å². The summed E-state index contributed by atoms with van der Waals surface area (Å²) < 4.78 is 27.0. The summed E-state index contributed by atoms with van der Waals surface area (Å²) >= 11 is 1.70. The van der Waals surface area contributed by atoms with Crippen LogP contribution in [0.25, 0.3) is 0 Å². The van der Waals surface area contributed by atoms with E-state index >= 15 is 0 Å². The fraction of sp³-hybridized carbons (Fsp3) is 0.389. The Bertz CT molecular complexity index is 686. The molecular formula is C18H24F2N4S. The van der Waals surface area contributed by atoms with Gasteiger partial charge in [-0.25, -0.2) is 13.8 Å². The molecule has 7 heteroatoms. The minimum Gasteiger partial charge on any atom is -0.357 e. The van der Waals surface area contributed by atoms with Gasteiger partial charge in [0.2, 0.25) is 0 Å². The summed E-state index contributed by atoms with van der Waals surface area (Å²) in [6, 6.07) is 7.74. The molecule has 1 heterocycles. The second-order valence-corrected chi connectivity index (χ2v) is 6.79. The molecule has 0 aliphatic carbocycles. The van der Waals surface area contributed by atoms with Gasteiger partial charge in [-0.15, -0.1) is 11.3 Å². The van der Waals surface area contributed by atoms with Crippen molar-refractivity contribution in [3.8, 4) is 0 Å². The maximum atomic E-state index is 13.7. The summed E-state index contributed by atoms with van der Waals surface area (Å²) in [7, 11) is 4.05. The van der Waals surface area contributed by atoms with Crippen LogP contribution in [-0.2, 0) is 6.54 Å². The van der Waals surface area contributed by atoms with E-state index in [1.807, 2.05) is 27.1 Å². The van der Waals surface area contributed by atoms with Gasteiger partial charge in [-0.2, -0.15) is 0 Å². The minimum atomic E-state index is -0.463. The molecule has 0 radical (unpaired) electrons. The Balaban J connectivity index is 2.05. The molecule has 0 amide bonds. The molecule has 1 unspecified atom stereocenters. The van der Waals surface area contributed by atoms with E-state index < -0.39 is 11.6 Å². The number of rotatable bonds is 7. The summed E-state index contributed by atoms with van der Waals surface area (Å²) in [6.07, 6.45) is 0. The van der Waals surface area contributed by atoms with Crippen molar-refractivity contribution in [1.29, 1.82) is 0 Å². The molecule has 0 aliphatic heterocycles. The fourth-order valence-corrected chi connectivity index (χ4v) is 3.30. The Morgan fingerprint density at radius 1 is 1.24 bits per heavy atom. The van der Waals surface area contributed by atoms with Crippen LogP contribution in [0.2, 0.25) is 0 Å². The molecule has 25 heavy (non-hydrogen) atoms. The van der Waals surface area contributed by atoms with Crippen LogP contribution in [-0.4, -0.2) is 38.0 Å². The third-order valence-electron chi connectivity index (χ3n) is 3.72. The van der Waals surface area contributed by atoms with Crippen LogP contribution in [0.4, 0.5) is 8.78 Å². The summed E-state index contributed by atoms with van der Waals surface area (Å²) in [5.41, 5.74) is 0.236. The van der Waals surface area contributed by atoms with Crippen LogP contribution >= 0.6 is 11.3 Å². The van der Waals surface area contributed by atoms with E-state index in [1.54, 1.807) is 11.3 Å². The molecule has 2 N–H and O–H groups in total. The van der Waals surface area contributed by atoms with Gasteiger partial charge in [0, 0.05) is 23.5 Å². The molecule has 0 saturated heterocycles. The molecule has 0 aliphatic rings. The average Bonchev–Trinajstić information content (AvgIpc) is 3.09. The number of benzene rings is 1. The summed E-state index contributed by atoms with van der Waals surface area (Å²) in [5, 5.41) is 8.47. The normalized spacial score (nSPS) is 13.1. The fourth-order valence-electron chi connectivity index (χ4n) is 2.38. The zero-order valence-electron chi connectivity index (χ0n) is 14.7. The van der Waals surface area contributed by atoms with Gasteiger partial charge >= 0.3 is 0 Å². The quantitative estimate of drug-likeness (QED) is 0.583. The highest BCUT2D eigenvalue weighted by atomic mass is 32.1. The lowest BCUT2D eigenvalue weighted by molar-refractivity contribution is 0.302. The van der Waals surface area contributed by atoms with Gasteiger partial charge in [-0.3, -0.25) is 0 Å². The third kappa shape index (κ3) is 5.79.